The second kappa shape index (κ2) is 48.9. The third-order valence-electron chi connectivity index (χ3n) is 23.6. The molecule has 0 bridgehead atoms. The van der Waals surface area contributed by atoms with Gasteiger partial charge in [-0.2, -0.15) is 0 Å². The van der Waals surface area contributed by atoms with Crippen molar-refractivity contribution >= 4 is 140 Å². The van der Waals surface area contributed by atoms with Gasteiger partial charge < -0.3 is 125 Å². The summed E-state index contributed by atoms with van der Waals surface area (Å²) < 4.78 is 1.41. The van der Waals surface area contributed by atoms with Crippen LogP contribution in [0.4, 0.5) is 0 Å². The summed E-state index contributed by atoms with van der Waals surface area (Å²) in [6.45, 7) is 4.02. The van der Waals surface area contributed by atoms with Crippen molar-refractivity contribution in [1.29, 1.82) is 0 Å². The number of nitrogens with zero attached hydrogens (tertiary/aromatic N) is 6. The zero-order chi connectivity index (χ0) is 96.4. The highest BCUT2D eigenvalue weighted by molar-refractivity contribution is 8.00. The number of hydrogen-bond acceptors (Lipinski definition) is 24. The van der Waals surface area contributed by atoms with E-state index in [4.69, 9.17) is 17.2 Å². The van der Waals surface area contributed by atoms with E-state index in [9.17, 15) is 83.1 Å². The Hall–Kier alpha value is -12.6. The molecular formula is C88H123N19O23S. The summed E-state index contributed by atoms with van der Waals surface area (Å²) in [5.41, 5.74) is 20.0. The fourth-order valence-electron chi connectivity index (χ4n) is 16.3. The molecule has 42 nitrogen and oxygen atoms in total. The number of amides is 15. The lowest BCUT2D eigenvalue weighted by Gasteiger charge is -2.36. The second-order valence-corrected chi connectivity index (χ2v) is 34.8. The van der Waals surface area contributed by atoms with E-state index in [0.717, 1.165) is 36.3 Å². The predicted molar refractivity (Wildman–Crippen MR) is 477 cm³/mol. The number of aromatic nitrogens is 2. The standard InChI is InChI=1S/C88H123N19O23S/c1-9-11-21-67-82(124)98-63(38-90)80(122)101-65(78(120)93-40-72(91)112)45-131-46-73(113)94-59(31-49-25-27-53(109)28-26-49)84(126)102(6)48(5)76(118)95-61(36-74(114)115)86(128)106-29-17-24-68(106)83(125)99-62(37-89)79(121)96-58(30-47(3)4)87(129)107-42-54(110)35-70(107)71(111)34-50(32-51-39-92-57-20-15-13-18-55(51)57)77(119)100-64(44-108)81(123)97-60(85(127)104(8)69(22-12-10-2)88(130)103(67)7)33-52-41-105(43-75(116)117)66-23-16-14-19-56(52)66/h13-16,18-20,23,25-28,39,41,47-48,50,54,58-65,67-70,92,108-110H,9-12,17,21-22,24,29-38,40,42-46,89-90H2,1-8H3,(H2,91,112)(H,93,120)(H,94,113)(H,95,118)(H,96,121)(H,97,123)(H,98,124)(H,99,125)(H,100,119)(H,101,122)(H,114,115)(H,116,117)/t48-,50+,54+,58-,59-,60-,61-,62-,63-,64-,65-,67-,68-,69-,70-/m0/s1. The van der Waals surface area contributed by atoms with Gasteiger partial charge >= 0.3 is 11.9 Å². The zero-order valence-corrected chi connectivity index (χ0v) is 75.5. The van der Waals surface area contributed by atoms with E-state index in [1.54, 1.807) is 75.5 Å². The number of primary amides is 1. The fourth-order valence-corrected chi connectivity index (χ4v) is 17.2. The average molecular weight is 1850 g/mol. The number of nitrogens with one attached hydrogen (secondary N) is 10. The molecule has 15 amide bonds. The maximum atomic E-state index is 15.8. The number of aromatic hydroxyl groups is 1. The van der Waals surface area contributed by atoms with Crippen LogP contribution in [0.1, 0.15) is 128 Å². The number of phenolic OH excluding ortho intramolecular Hbond substituents is 1. The van der Waals surface area contributed by atoms with Crippen LogP contribution in [0.5, 0.6) is 5.75 Å². The molecule has 0 unspecified atom stereocenters. The summed E-state index contributed by atoms with van der Waals surface area (Å²) in [5, 5.41) is 76.9. The molecule has 0 aliphatic carbocycles. The molecule has 131 heavy (non-hydrogen) atoms. The molecule has 21 N–H and O–H groups in total. The number of carbonyl (C=O) groups excluding carboxylic acids is 16. The van der Waals surface area contributed by atoms with Gasteiger partial charge in [0.1, 0.15) is 84.8 Å². The van der Waals surface area contributed by atoms with Crippen LogP contribution in [-0.2, 0) is 112 Å². The number of carbonyl (C=O) groups is 18. The van der Waals surface area contributed by atoms with Gasteiger partial charge in [0.15, 0.2) is 5.78 Å². The van der Waals surface area contributed by atoms with Crippen molar-refractivity contribution in [1.82, 2.24) is 81.9 Å². The number of carboxylic acid groups (broad SMARTS) is 2. The van der Waals surface area contributed by atoms with E-state index < -0.39 is 267 Å². The van der Waals surface area contributed by atoms with Crippen molar-refractivity contribution in [2.24, 2.45) is 29.0 Å². The third-order valence-corrected chi connectivity index (χ3v) is 24.6. The first kappa shape index (κ1) is 104. The van der Waals surface area contributed by atoms with Crippen molar-refractivity contribution in [3.63, 3.8) is 0 Å². The second-order valence-electron chi connectivity index (χ2n) is 33.8. The van der Waals surface area contributed by atoms with Gasteiger partial charge in [0.25, 0.3) is 0 Å². The number of nitrogens with two attached hydrogens (primary N) is 3. The lowest BCUT2D eigenvalue weighted by Crippen LogP contribution is -2.61. The van der Waals surface area contributed by atoms with Crippen molar-refractivity contribution < 1.29 is 112 Å². The SMILES string of the molecule is CCCC[C@H]1C(=O)N(C)[C@@H](CCCC)C(=O)N[C@@H](CN)C(=O)N[C@H](C(=O)NCC(N)=O)CSCC(=O)N[C@@H](Cc2ccc(O)cc2)C(=O)N(C)[C@@H](C)C(=O)N[C@@H](CC(=O)O)C(=O)N2CCC[C@H]2C(=O)N[C@@H](CN)C(=O)N[C@@H](CC(C)C)C(=O)N2C[C@H](O)C[C@H]2C(=O)C[C@@H](Cc2c[nH]c3ccccc23)C(=O)N[C@@H](CO)C(=O)N[C@@H](Cc2cn(CC(=O)O)c3ccccc23)C(=O)N1C. The normalized spacial score (nSPS) is 25.3. The zero-order valence-electron chi connectivity index (χ0n) is 74.7. The largest absolute Gasteiger partial charge is 0.508 e. The number of aliphatic hydroxyl groups excluding tert-OH is 2. The molecule has 15 atom stereocenters. The first-order chi connectivity index (χ1) is 62.2. The lowest BCUT2D eigenvalue weighted by molar-refractivity contribution is -0.149. The maximum Gasteiger partial charge on any atom is 0.323 e. The number of benzene rings is 3. The quantitative estimate of drug-likeness (QED) is 0.0293. The fraction of sp³-hybridized carbons (Fsp3) is 0.545. The van der Waals surface area contributed by atoms with Crippen molar-refractivity contribution in [2.75, 3.05) is 72.0 Å². The molecule has 8 rings (SSSR count). The van der Waals surface area contributed by atoms with Gasteiger partial charge in [0, 0.05) is 119 Å². The Bertz CT molecular complexity index is 4970. The first-order valence-corrected chi connectivity index (χ1v) is 44.9. The number of unbranched alkanes of at least 4 members (excludes halogenated alkanes) is 2. The Morgan fingerprint density at radius 2 is 1.16 bits per heavy atom. The molecule has 3 aromatic carbocycles. The number of phenols is 1. The number of aliphatic carboxylic acids is 2. The van der Waals surface area contributed by atoms with E-state index in [0.29, 0.717) is 57.8 Å². The van der Waals surface area contributed by atoms with E-state index in [1.807, 2.05) is 6.92 Å². The Morgan fingerprint density at radius 3 is 1.79 bits per heavy atom. The molecule has 5 aromatic rings. The van der Waals surface area contributed by atoms with Crippen molar-refractivity contribution in [3.8, 4) is 5.75 Å². The van der Waals surface area contributed by atoms with Gasteiger partial charge in [-0.1, -0.05) is 102 Å². The number of hydrogen-bond donors (Lipinski definition) is 18. The number of likely N-dealkylation sites (N-methyl/N-ethyl adjacent to an activating group) is 3. The van der Waals surface area contributed by atoms with Crippen molar-refractivity contribution in [3.05, 3.63) is 102 Å². The van der Waals surface area contributed by atoms with Crippen LogP contribution < -0.4 is 65.1 Å². The van der Waals surface area contributed by atoms with Crippen molar-refractivity contribution in [2.45, 2.75) is 222 Å². The summed E-state index contributed by atoms with van der Waals surface area (Å²) in [6.07, 6.45) is 0.0753. The summed E-state index contributed by atoms with van der Waals surface area (Å²) in [4.78, 5) is 268. The topological polar surface area (TPSA) is 632 Å². The minimum atomic E-state index is -1.93. The van der Waals surface area contributed by atoms with Gasteiger partial charge in [0.2, 0.25) is 88.6 Å². The van der Waals surface area contributed by atoms with Gasteiger partial charge in [0.05, 0.1) is 37.5 Å². The molecule has 0 radical (unpaired) electrons. The highest BCUT2D eigenvalue weighted by atomic mass is 32.2. The minimum absolute atomic E-state index is 0.0495. The van der Waals surface area contributed by atoms with Crippen LogP contribution in [0.25, 0.3) is 21.8 Å². The number of thioether (sulfide) groups is 1. The van der Waals surface area contributed by atoms with Crippen LogP contribution in [-0.4, -0.2) is 323 Å². The monoisotopic (exact) mass is 1850 g/mol. The summed E-state index contributed by atoms with van der Waals surface area (Å²) in [5.74, 6) is -21.3. The molecule has 3 fully saturated rings. The predicted octanol–water partition coefficient (Wildman–Crippen LogP) is -2.99. The number of Topliss-reactive ketones (excluding diaryl/α,β-unsaturated/α-hetero) is 1. The maximum absolute atomic E-state index is 15.8. The van der Waals surface area contributed by atoms with E-state index in [-0.39, 0.29) is 76.0 Å². The number of rotatable bonds is 24. The number of para-hydroxylation sites is 2. The average Bonchev–Trinajstić information content (AvgIpc) is 1.10. The number of ketones is 1. The Labute approximate surface area is 760 Å². The molecule has 43 heteroatoms. The molecule has 5 heterocycles. The van der Waals surface area contributed by atoms with Crippen LogP contribution in [0.15, 0.2) is 85.2 Å². The highest BCUT2D eigenvalue weighted by Crippen LogP contribution is 2.30. The lowest BCUT2D eigenvalue weighted by atomic mass is 9.90. The smallest absolute Gasteiger partial charge is 0.323 e. The van der Waals surface area contributed by atoms with Crippen LogP contribution in [0.3, 0.4) is 0 Å². The summed E-state index contributed by atoms with van der Waals surface area (Å²) in [7, 11) is 3.77. The van der Waals surface area contributed by atoms with Gasteiger partial charge in [-0.05, 0) is 92.3 Å². The van der Waals surface area contributed by atoms with Gasteiger partial charge in [-0.3, -0.25) is 86.3 Å². The molecule has 2 aromatic heterocycles. The number of carboxylic acids is 2. The molecule has 0 saturated carbocycles. The molecule has 3 aliphatic rings. The van der Waals surface area contributed by atoms with Gasteiger partial charge in [-0.25, -0.2) is 0 Å². The summed E-state index contributed by atoms with van der Waals surface area (Å²) in [6, 6.07) is -1.74. The van der Waals surface area contributed by atoms with Crippen LogP contribution >= 0.6 is 11.8 Å². The Morgan fingerprint density at radius 1 is 0.588 bits per heavy atom. The number of aliphatic hydroxyl groups is 2. The third kappa shape index (κ3) is 28.2. The molecule has 714 valence electrons. The minimum Gasteiger partial charge on any atom is -0.508 e. The van der Waals surface area contributed by atoms with Crippen LogP contribution in [0, 0.1) is 11.8 Å². The van der Waals surface area contributed by atoms with E-state index >= 15 is 28.8 Å². The number of H-pyrrole nitrogens is 1. The summed E-state index contributed by atoms with van der Waals surface area (Å²) >= 11 is 0.733. The molecule has 3 aliphatic heterocycles. The molecule has 3 saturated heterocycles. The van der Waals surface area contributed by atoms with Crippen LogP contribution in [0.2, 0.25) is 0 Å². The van der Waals surface area contributed by atoms with E-state index in [1.165, 1.54) is 63.1 Å². The van der Waals surface area contributed by atoms with Gasteiger partial charge in [-0.15, -0.1) is 11.8 Å². The Kier molecular flexibility index (Phi) is 38.7. The highest BCUT2D eigenvalue weighted by Gasteiger charge is 2.47. The molecule has 0 spiro atoms. The van der Waals surface area contributed by atoms with E-state index in [2.05, 4.69) is 52.8 Å². The first-order valence-electron chi connectivity index (χ1n) is 43.7. The Balaban J connectivity index is 1.19. The number of fused-ring (bicyclic) bond motifs is 4. The molecular weight excluding hydrogens is 1720 g/mol. The number of aromatic amines is 1.